The van der Waals surface area contributed by atoms with Crippen molar-refractivity contribution in [1.82, 2.24) is 4.90 Å². The van der Waals surface area contributed by atoms with Gasteiger partial charge in [-0.05, 0) is 18.2 Å². The van der Waals surface area contributed by atoms with Crippen molar-refractivity contribution >= 4 is 15.5 Å². The zero-order valence-corrected chi connectivity index (χ0v) is 11.2. The number of hydrogen-bond donors (Lipinski definition) is 1. The number of methoxy groups -OCH3 is 1. The Morgan fingerprint density at radius 3 is 2.61 bits per heavy atom. The van der Waals surface area contributed by atoms with E-state index in [4.69, 9.17) is 10.5 Å². The molecule has 18 heavy (non-hydrogen) atoms. The predicted octanol–water partition coefficient (Wildman–Crippen LogP) is 0.508. The molecule has 1 aliphatic heterocycles. The highest BCUT2D eigenvalue weighted by atomic mass is 32.2. The molecule has 0 spiro atoms. The van der Waals surface area contributed by atoms with Crippen LogP contribution in [0.5, 0.6) is 5.75 Å². The summed E-state index contributed by atoms with van der Waals surface area (Å²) in [5, 5.41) is 0. The third kappa shape index (κ3) is 3.14. The van der Waals surface area contributed by atoms with Crippen LogP contribution in [0, 0.1) is 0 Å². The predicted molar refractivity (Wildman–Crippen MR) is 71.3 cm³/mol. The second kappa shape index (κ2) is 5.16. The SMILES string of the molecule is COc1ccc(N)cc1CN1CCS(=O)(=O)CC1. The van der Waals surface area contributed by atoms with Gasteiger partial charge in [0, 0.05) is 30.9 Å². The lowest BCUT2D eigenvalue weighted by Gasteiger charge is -2.27. The van der Waals surface area contributed by atoms with E-state index in [1.54, 1.807) is 13.2 Å². The second-order valence-corrected chi connectivity index (χ2v) is 6.80. The molecule has 5 nitrogen and oxygen atoms in total. The van der Waals surface area contributed by atoms with Crippen LogP contribution in [-0.4, -0.2) is 45.0 Å². The van der Waals surface area contributed by atoms with E-state index in [1.165, 1.54) is 0 Å². The summed E-state index contributed by atoms with van der Waals surface area (Å²) in [6, 6.07) is 5.51. The fraction of sp³-hybridized carbons (Fsp3) is 0.500. The molecule has 0 aliphatic carbocycles. The maximum Gasteiger partial charge on any atom is 0.152 e. The molecule has 0 amide bonds. The van der Waals surface area contributed by atoms with E-state index in [0.717, 1.165) is 11.3 Å². The summed E-state index contributed by atoms with van der Waals surface area (Å²) in [7, 11) is -1.21. The normalized spacial score (nSPS) is 19.6. The molecule has 0 saturated carbocycles. The number of nitrogens with zero attached hydrogens (tertiary/aromatic N) is 1. The molecule has 0 atom stereocenters. The van der Waals surface area contributed by atoms with E-state index in [1.807, 2.05) is 12.1 Å². The van der Waals surface area contributed by atoms with Crippen molar-refractivity contribution in [3.8, 4) is 5.75 Å². The van der Waals surface area contributed by atoms with Crippen LogP contribution in [0.3, 0.4) is 0 Å². The van der Waals surface area contributed by atoms with Crippen LogP contribution >= 0.6 is 0 Å². The Kier molecular flexibility index (Phi) is 3.77. The number of benzene rings is 1. The fourth-order valence-corrected chi connectivity index (χ4v) is 3.35. The first-order valence-corrected chi connectivity index (χ1v) is 7.67. The Morgan fingerprint density at radius 2 is 2.00 bits per heavy atom. The molecule has 1 saturated heterocycles. The third-order valence-electron chi connectivity index (χ3n) is 3.14. The lowest BCUT2D eigenvalue weighted by Crippen LogP contribution is -2.39. The van der Waals surface area contributed by atoms with E-state index in [2.05, 4.69) is 4.90 Å². The van der Waals surface area contributed by atoms with Gasteiger partial charge < -0.3 is 10.5 Å². The largest absolute Gasteiger partial charge is 0.496 e. The van der Waals surface area contributed by atoms with E-state index in [0.29, 0.717) is 25.3 Å². The van der Waals surface area contributed by atoms with Gasteiger partial charge in [0.15, 0.2) is 9.84 Å². The molecule has 0 bridgehead atoms. The quantitative estimate of drug-likeness (QED) is 0.810. The molecule has 1 aromatic carbocycles. The number of nitrogen functional groups attached to an aromatic ring is 1. The van der Waals surface area contributed by atoms with Gasteiger partial charge in [-0.2, -0.15) is 0 Å². The topological polar surface area (TPSA) is 72.6 Å². The Labute approximate surface area is 107 Å². The maximum absolute atomic E-state index is 11.4. The van der Waals surface area contributed by atoms with Gasteiger partial charge in [0.2, 0.25) is 0 Å². The summed E-state index contributed by atoms with van der Waals surface area (Å²) in [6.07, 6.45) is 0. The highest BCUT2D eigenvalue weighted by molar-refractivity contribution is 7.91. The molecule has 100 valence electrons. The fourth-order valence-electron chi connectivity index (χ4n) is 2.07. The van der Waals surface area contributed by atoms with Crippen molar-refractivity contribution in [2.75, 3.05) is 37.4 Å². The zero-order valence-electron chi connectivity index (χ0n) is 10.4. The summed E-state index contributed by atoms with van der Waals surface area (Å²) >= 11 is 0. The summed E-state index contributed by atoms with van der Waals surface area (Å²) in [6.45, 7) is 1.81. The molecule has 2 rings (SSSR count). The summed E-state index contributed by atoms with van der Waals surface area (Å²) in [5.74, 6) is 1.26. The Bertz CT molecular complexity index is 514. The van der Waals surface area contributed by atoms with Crippen LogP contribution in [0.15, 0.2) is 18.2 Å². The molecule has 0 radical (unpaired) electrons. The lowest BCUT2D eigenvalue weighted by molar-refractivity contribution is 0.282. The van der Waals surface area contributed by atoms with Gasteiger partial charge >= 0.3 is 0 Å². The number of ether oxygens (including phenoxy) is 1. The van der Waals surface area contributed by atoms with E-state index < -0.39 is 9.84 Å². The van der Waals surface area contributed by atoms with Crippen LogP contribution in [0.1, 0.15) is 5.56 Å². The van der Waals surface area contributed by atoms with Crippen LogP contribution in [-0.2, 0) is 16.4 Å². The van der Waals surface area contributed by atoms with Gasteiger partial charge in [0.05, 0.1) is 18.6 Å². The first-order valence-electron chi connectivity index (χ1n) is 5.85. The molecule has 1 fully saturated rings. The number of hydrogen-bond acceptors (Lipinski definition) is 5. The molecule has 2 N–H and O–H groups in total. The second-order valence-electron chi connectivity index (χ2n) is 4.50. The minimum Gasteiger partial charge on any atom is -0.496 e. The molecule has 1 aliphatic rings. The summed E-state index contributed by atoms with van der Waals surface area (Å²) in [4.78, 5) is 2.11. The smallest absolute Gasteiger partial charge is 0.152 e. The van der Waals surface area contributed by atoms with Crippen molar-refractivity contribution in [2.45, 2.75) is 6.54 Å². The van der Waals surface area contributed by atoms with Crippen LogP contribution in [0.2, 0.25) is 0 Å². The van der Waals surface area contributed by atoms with Crippen LogP contribution in [0.25, 0.3) is 0 Å². The van der Waals surface area contributed by atoms with E-state index in [9.17, 15) is 8.42 Å². The van der Waals surface area contributed by atoms with E-state index in [-0.39, 0.29) is 11.5 Å². The Balaban J connectivity index is 2.08. The highest BCUT2D eigenvalue weighted by Gasteiger charge is 2.22. The minimum absolute atomic E-state index is 0.234. The van der Waals surface area contributed by atoms with Crippen molar-refractivity contribution < 1.29 is 13.2 Å². The maximum atomic E-state index is 11.4. The van der Waals surface area contributed by atoms with Crippen molar-refractivity contribution in [1.29, 1.82) is 0 Å². The number of nitrogens with two attached hydrogens (primary N) is 1. The number of anilines is 1. The van der Waals surface area contributed by atoms with Crippen molar-refractivity contribution in [2.24, 2.45) is 0 Å². The molecular formula is C12H18N2O3S. The van der Waals surface area contributed by atoms with Crippen molar-refractivity contribution in [3.63, 3.8) is 0 Å². The Morgan fingerprint density at radius 1 is 1.33 bits per heavy atom. The monoisotopic (exact) mass is 270 g/mol. The average molecular weight is 270 g/mol. The van der Waals surface area contributed by atoms with Crippen LogP contribution in [0.4, 0.5) is 5.69 Å². The number of rotatable bonds is 3. The zero-order chi connectivity index (χ0) is 13.2. The average Bonchev–Trinajstić information content (AvgIpc) is 2.32. The third-order valence-corrected chi connectivity index (χ3v) is 4.74. The summed E-state index contributed by atoms with van der Waals surface area (Å²) in [5.41, 5.74) is 7.45. The first-order chi connectivity index (χ1) is 8.50. The molecular weight excluding hydrogens is 252 g/mol. The van der Waals surface area contributed by atoms with Gasteiger partial charge in [-0.25, -0.2) is 8.42 Å². The summed E-state index contributed by atoms with van der Waals surface area (Å²) < 4.78 is 28.0. The molecule has 6 heteroatoms. The molecule has 0 unspecified atom stereocenters. The highest BCUT2D eigenvalue weighted by Crippen LogP contribution is 2.23. The lowest BCUT2D eigenvalue weighted by atomic mass is 10.1. The van der Waals surface area contributed by atoms with Gasteiger partial charge in [-0.15, -0.1) is 0 Å². The van der Waals surface area contributed by atoms with Crippen molar-refractivity contribution in [3.05, 3.63) is 23.8 Å². The first kappa shape index (κ1) is 13.2. The van der Waals surface area contributed by atoms with Gasteiger partial charge in [0.1, 0.15) is 5.75 Å². The molecule has 0 aromatic heterocycles. The van der Waals surface area contributed by atoms with Gasteiger partial charge in [-0.3, -0.25) is 4.90 Å². The minimum atomic E-state index is -2.83. The molecule has 1 aromatic rings. The number of sulfone groups is 1. The standard InChI is InChI=1S/C12H18N2O3S/c1-17-12-3-2-11(13)8-10(12)9-14-4-6-18(15,16)7-5-14/h2-3,8H,4-7,9,13H2,1H3. The molecule has 1 heterocycles. The van der Waals surface area contributed by atoms with Crippen LogP contribution < -0.4 is 10.5 Å². The van der Waals surface area contributed by atoms with E-state index >= 15 is 0 Å². The Hall–Kier alpha value is -1.27. The van der Waals surface area contributed by atoms with Gasteiger partial charge in [0.25, 0.3) is 0 Å². The van der Waals surface area contributed by atoms with Gasteiger partial charge in [-0.1, -0.05) is 0 Å².